The molecule has 2 nitrogen and oxygen atoms in total. The van der Waals surface area contributed by atoms with Gasteiger partial charge in [-0.05, 0) is 20.3 Å². The van der Waals surface area contributed by atoms with Crippen LogP contribution in [-0.2, 0) is 15.3 Å². The minimum Gasteiger partial charge on any atom is -0.346 e. The van der Waals surface area contributed by atoms with Crippen LogP contribution in [0.3, 0.4) is 0 Å². The molecule has 96 valence electrons. The molecule has 0 bridgehead atoms. The maximum absolute atomic E-state index is 5.94. The van der Waals surface area contributed by atoms with Gasteiger partial charge in [0.05, 0.1) is 0 Å². The van der Waals surface area contributed by atoms with E-state index in [-0.39, 0.29) is 0 Å². The van der Waals surface area contributed by atoms with Crippen LogP contribution < -0.4 is 0 Å². The van der Waals surface area contributed by atoms with Gasteiger partial charge in [0.25, 0.3) is 0 Å². The number of rotatable bonds is 8. The maximum Gasteiger partial charge on any atom is 0.194 e. The second-order valence-corrected chi connectivity index (χ2v) is 4.09. The molecular weight excluding hydrogens is 212 g/mol. The summed E-state index contributed by atoms with van der Waals surface area (Å²) in [5.74, 6) is -0.555. The van der Waals surface area contributed by atoms with Crippen molar-refractivity contribution >= 4 is 0 Å². The molecule has 0 amide bonds. The summed E-state index contributed by atoms with van der Waals surface area (Å²) in [5.41, 5.74) is 1.12. The molecule has 0 aliphatic carbocycles. The van der Waals surface area contributed by atoms with Crippen molar-refractivity contribution in [3.05, 3.63) is 35.9 Å². The SMILES string of the molecule is CCCCC(OCC)(OCC)c1ccccc1. The molecular formula is C15H24O2. The monoisotopic (exact) mass is 236 g/mol. The third-order valence-electron chi connectivity index (χ3n) is 2.83. The lowest BCUT2D eigenvalue weighted by Gasteiger charge is -2.33. The van der Waals surface area contributed by atoms with Gasteiger partial charge in [-0.3, -0.25) is 0 Å². The molecule has 2 heteroatoms. The van der Waals surface area contributed by atoms with E-state index in [1.54, 1.807) is 0 Å². The van der Waals surface area contributed by atoms with Crippen LogP contribution in [0.25, 0.3) is 0 Å². The summed E-state index contributed by atoms with van der Waals surface area (Å²) in [6.07, 6.45) is 3.17. The van der Waals surface area contributed by atoms with E-state index >= 15 is 0 Å². The van der Waals surface area contributed by atoms with E-state index in [4.69, 9.17) is 9.47 Å². The Morgan fingerprint density at radius 1 is 0.941 bits per heavy atom. The molecule has 1 aromatic carbocycles. The topological polar surface area (TPSA) is 18.5 Å². The lowest BCUT2D eigenvalue weighted by molar-refractivity contribution is -0.247. The van der Waals surface area contributed by atoms with Crippen LogP contribution in [0.5, 0.6) is 0 Å². The Bertz CT molecular complexity index is 289. The van der Waals surface area contributed by atoms with E-state index in [0.29, 0.717) is 13.2 Å². The molecule has 0 spiro atoms. The summed E-state index contributed by atoms with van der Waals surface area (Å²) >= 11 is 0. The summed E-state index contributed by atoms with van der Waals surface area (Å²) < 4.78 is 11.9. The standard InChI is InChI=1S/C15H24O2/c1-4-7-13-15(16-5-2,17-6-3)14-11-9-8-10-12-14/h8-12H,4-7,13H2,1-3H3. The molecule has 0 saturated heterocycles. The third-order valence-corrected chi connectivity index (χ3v) is 2.83. The molecule has 1 rings (SSSR count). The maximum atomic E-state index is 5.94. The van der Waals surface area contributed by atoms with Gasteiger partial charge >= 0.3 is 0 Å². The molecule has 0 aromatic heterocycles. The zero-order chi connectivity index (χ0) is 12.6. The van der Waals surface area contributed by atoms with Crippen LogP contribution >= 0.6 is 0 Å². The number of ether oxygens (including phenoxy) is 2. The fourth-order valence-electron chi connectivity index (χ4n) is 2.06. The highest BCUT2D eigenvalue weighted by atomic mass is 16.7. The van der Waals surface area contributed by atoms with Crippen LogP contribution in [0.1, 0.15) is 45.6 Å². The highest BCUT2D eigenvalue weighted by Crippen LogP contribution is 2.32. The second-order valence-electron chi connectivity index (χ2n) is 4.09. The van der Waals surface area contributed by atoms with Crippen molar-refractivity contribution in [3.8, 4) is 0 Å². The van der Waals surface area contributed by atoms with Gasteiger partial charge in [0.1, 0.15) is 0 Å². The van der Waals surface area contributed by atoms with Crippen molar-refractivity contribution < 1.29 is 9.47 Å². The molecule has 0 fully saturated rings. The number of hydrogen-bond donors (Lipinski definition) is 0. The van der Waals surface area contributed by atoms with Gasteiger partial charge in [-0.1, -0.05) is 43.7 Å². The smallest absolute Gasteiger partial charge is 0.194 e. The number of benzene rings is 1. The molecule has 0 saturated carbocycles. The zero-order valence-corrected chi connectivity index (χ0v) is 11.2. The summed E-state index contributed by atoms with van der Waals surface area (Å²) in [6.45, 7) is 7.55. The van der Waals surface area contributed by atoms with E-state index < -0.39 is 5.79 Å². The third kappa shape index (κ3) is 3.83. The second kappa shape index (κ2) is 7.46. The first-order valence-corrected chi connectivity index (χ1v) is 6.62. The number of hydrogen-bond acceptors (Lipinski definition) is 2. The van der Waals surface area contributed by atoms with Crippen LogP contribution in [0.4, 0.5) is 0 Å². The summed E-state index contributed by atoms with van der Waals surface area (Å²) in [5, 5.41) is 0. The fraction of sp³-hybridized carbons (Fsp3) is 0.600. The molecule has 1 aromatic rings. The normalized spacial score (nSPS) is 11.7. The van der Waals surface area contributed by atoms with Crippen molar-refractivity contribution in [3.63, 3.8) is 0 Å². The first kappa shape index (κ1) is 14.2. The first-order valence-electron chi connectivity index (χ1n) is 6.62. The molecule has 17 heavy (non-hydrogen) atoms. The highest BCUT2D eigenvalue weighted by Gasteiger charge is 2.32. The van der Waals surface area contributed by atoms with E-state index in [1.165, 1.54) is 0 Å². The summed E-state index contributed by atoms with van der Waals surface area (Å²) in [6, 6.07) is 10.3. The van der Waals surface area contributed by atoms with Gasteiger partial charge in [-0.2, -0.15) is 0 Å². The van der Waals surface area contributed by atoms with E-state index in [9.17, 15) is 0 Å². The minimum absolute atomic E-state index is 0.555. The van der Waals surface area contributed by atoms with Crippen LogP contribution in [-0.4, -0.2) is 13.2 Å². The Morgan fingerprint density at radius 2 is 1.53 bits per heavy atom. The Balaban J connectivity index is 2.95. The van der Waals surface area contributed by atoms with Crippen molar-refractivity contribution in [2.75, 3.05) is 13.2 Å². The van der Waals surface area contributed by atoms with E-state index in [1.807, 2.05) is 32.0 Å². The molecule has 0 N–H and O–H groups in total. The molecule has 0 aliphatic heterocycles. The molecule has 0 heterocycles. The molecule has 0 atom stereocenters. The van der Waals surface area contributed by atoms with Gasteiger partial charge in [0, 0.05) is 25.2 Å². The average molecular weight is 236 g/mol. The van der Waals surface area contributed by atoms with Gasteiger partial charge < -0.3 is 9.47 Å². The first-order chi connectivity index (χ1) is 8.29. The zero-order valence-electron chi connectivity index (χ0n) is 11.2. The fourth-order valence-corrected chi connectivity index (χ4v) is 2.06. The Kier molecular flexibility index (Phi) is 6.23. The van der Waals surface area contributed by atoms with Gasteiger partial charge in [-0.15, -0.1) is 0 Å². The van der Waals surface area contributed by atoms with Crippen LogP contribution in [0.2, 0.25) is 0 Å². The van der Waals surface area contributed by atoms with Gasteiger partial charge in [0.15, 0.2) is 5.79 Å². The summed E-state index contributed by atoms with van der Waals surface area (Å²) in [7, 11) is 0. The van der Waals surface area contributed by atoms with Crippen molar-refractivity contribution in [2.24, 2.45) is 0 Å². The number of unbranched alkanes of at least 4 members (excludes halogenated alkanes) is 1. The lowest BCUT2D eigenvalue weighted by atomic mass is 9.99. The molecule has 0 aliphatic rings. The van der Waals surface area contributed by atoms with Gasteiger partial charge in [0.2, 0.25) is 0 Å². The lowest BCUT2D eigenvalue weighted by Crippen LogP contribution is -2.33. The predicted molar refractivity (Wildman–Crippen MR) is 70.9 cm³/mol. The molecule has 0 radical (unpaired) electrons. The van der Waals surface area contributed by atoms with Crippen LogP contribution in [0.15, 0.2) is 30.3 Å². The minimum atomic E-state index is -0.555. The Hall–Kier alpha value is -0.860. The van der Waals surface area contributed by atoms with Crippen molar-refractivity contribution in [1.82, 2.24) is 0 Å². The van der Waals surface area contributed by atoms with E-state index in [2.05, 4.69) is 19.1 Å². The Morgan fingerprint density at radius 3 is 2.00 bits per heavy atom. The largest absolute Gasteiger partial charge is 0.346 e. The van der Waals surface area contributed by atoms with Crippen molar-refractivity contribution in [1.29, 1.82) is 0 Å². The van der Waals surface area contributed by atoms with Crippen molar-refractivity contribution in [2.45, 2.75) is 45.8 Å². The van der Waals surface area contributed by atoms with Crippen LogP contribution in [0, 0.1) is 0 Å². The average Bonchev–Trinajstić information content (AvgIpc) is 2.37. The molecule has 0 unspecified atom stereocenters. The van der Waals surface area contributed by atoms with E-state index in [0.717, 1.165) is 24.8 Å². The Labute approximate surface area is 105 Å². The van der Waals surface area contributed by atoms with Gasteiger partial charge in [-0.25, -0.2) is 0 Å². The highest BCUT2D eigenvalue weighted by molar-refractivity contribution is 5.20. The quantitative estimate of drug-likeness (QED) is 0.633. The summed E-state index contributed by atoms with van der Waals surface area (Å²) in [4.78, 5) is 0. The predicted octanol–water partition coefficient (Wildman–Crippen LogP) is 4.10.